The molecule has 3 N–H and O–H groups in total. The molecule has 1 rings (SSSR count). The van der Waals surface area contributed by atoms with Crippen LogP contribution in [0.1, 0.15) is 11.6 Å². The lowest BCUT2D eigenvalue weighted by Gasteiger charge is -2.12. The highest BCUT2D eigenvalue weighted by Gasteiger charge is 2.24. The Labute approximate surface area is 117 Å². The van der Waals surface area contributed by atoms with E-state index in [0.29, 0.717) is 0 Å². The Morgan fingerprint density at radius 3 is 2.61 bits per heavy atom. The lowest BCUT2D eigenvalue weighted by molar-refractivity contribution is -0.385. The highest BCUT2D eigenvalue weighted by molar-refractivity contribution is 9.10. The number of phenols is 1. The van der Waals surface area contributed by atoms with Crippen LogP contribution in [0.3, 0.4) is 0 Å². The highest BCUT2D eigenvalue weighted by atomic mass is 79.9. The Kier molecular flexibility index (Phi) is 6.02. The third kappa shape index (κ3) is 3.31. The summed E-state index contributed by atoms with van der Waals surface area (Å²) < 4.78 is 4.49. The molecule has 7 nitrogen and oxygen atoms in total. The molecule has 1 atom stereocenters. The van der Waals surface area contributed by atoms with Gasteiger partial charge in [-0.1, -0.05) is 0 Å². The van der Waals surface area contributed by atoms with Gasteiger partial charge in [-0.2, -0.15) is 0 Å². The van der Waals surface area contributed by atoms with Crippen LogP contribution in [0.5, 0.6) is 5.75 Å². The van der Waals surface area contributed by atoms with Crippen LogP contribution in [0, 0.1) is 10.1 Å². The van der Waals surface area contributed by atoms with E-state index in [4.69, 9.17) is 5.73 Å². The van der Waals surface area contributed by atoms with Crippen LogP contribution in [-0.2, 0) is 9.53 Å². The number of nitrogens with zero attached hydrogens (tertiary/aromatic N) is 1. The van der Waals surface area contributed by atoms with E-state index in [1.54, 1.807) is 0 Å². The molecule has 0 fully saturated rings. The number of esters is 1. The van der Waals surface area contributed by atoms with Crippen molar-refractivity contribution in [2.24, 2.45) is 5.73 Å². The number of nitro benzene ring substituents is 1. The second-order valence-corrected chi connectivity index (χ2v) is 3.98. The number of phenolic OH excluding ortho intramolecular Hbond substituents is 1. The first-order valence-corrected chi connectivity index (χ1v) is 5.18. The normalized spacial score (nSPS) is 11.3. The molecule has 100 valence electrons. The molecule has 18 heavy (non-hydrogen) atoms. The fourth-order valence-electron chi connectivity index (χ4n) is 1.20. The predicted molar refractivity (Wildman–Crippen MR) is 68.7 cm³/mol. The predicted octanol–water partition coefficient (Wildman–Crippen LogP) is 1.66. The summed E-state index contributed by atoms with van der Waals surface area (Å²) in [6.45, 7) is 0. The smallest absolute Gasteiger partial charge is 0.327 e. The molecule has 0 saturated heterocycles. The van der Waals surface area contributed by atoms with Crippen LogP contribution in [-0.4, -0.2) is 23.1 Å². The molecule has 0 aliphatic rings. The zero-order chi connectivity index (χ0) is 13.2. The maximum atomic E-state index is 11.2. The minimum absolute atomic E-state index is 0. The van der Waals surface area contributed by atoms with Crippen LogP contribution in [0.15, 0.2) is 16.6 Å². The number of benzene rings is 1. The van der Waals surface area contributed by atoms with E-state index < -0.39 is 16.9 Å². The summed E-state index contributed by atoms with van der Waals surface area (Å²) in [5, 5.41) is 20.3. The number of methoxy groups -OCH3 is 1. The standard InChI is InChI=1S/C9H9BrN2O5.ClH/c1-17-9(14)7(11)5-2-4(12(15)16)3-6(10)8(5)13;/h2-3,7,13H,11H2,1H3;1H/t7-;/m1./s1. The van der Waals surface area contributed by atoms with E-state index >= 15 is 0 Å². The highest BCUT2D eigenvalue weighted by Crippen LogP contribution is 2.35. The van der Waals surface area contributed by atoms with Gasteiger partial charge in [0.15, 0.2) is 0 Å². The van der Waals surface area contributed by atoms with Gasteiger partial charge in [-0.3, -0.25) is 14.9 Å². The number of aromatic hydroxyl groups is 1. The van der Waals surface area contributed by atoms with Crippen molar-refractivity contribution in [3.63, 3.8) is 0 Å². The zero-order valence-corrected chi connectivity index (χ0v) is 11.5. The summed E-state index contributed by atoms with van der Waals surface area (Å²) in [7, 11) is 1.13. The summed E-state index contributed by atoms with van der Waals surface area (Å²) in [4.78, 5) is 21.2. The van der Waals surface area contributed by atoms with Crippen molar-refractivity contribution in [1.82, 2.24) is 0 Å². The second kappa shape index (κ2) is 6.53. The van der Waals surface area contributed by atoms with E-state index in [-0.39, 0.29) is 33.9 Å². The van der Waals surface area contributed by atoms with Crippen molar-refractivity contribution in [2.75, 3.05) is 7.11 Å². The van der Waals surface area contributed by atoms with E-state index in [9.17, 15) is 20.0 Å². The van der Waals surface area contributed by atoms with Gasteiger partial charge >= 0.3 is 5.97 Å². The molecule has 0 unspecified atom stereocenters. The lowest BCUT2D eigenvalue weighted by Crippen LogP contribution is -2.22. The Morgan fingerprint density at radius 2 is 2.17 bits per heavy atom. The third-order valence-corrected chi connectivity index (χ3v) is 2.68. The average molecular weight is 342 g/mol. The van der Waals surface area contributed by atoms with Crippen LogP contribution < -0.4 is 5.73 Å². The molecule has 0 aliphatic carbocycles. The molecule has 0 amide bonds. The fourth-order valence-corrected chi connectivity index (χ4v) is 1.67. The molecule has 0 radical (unpaired) electrons. The summed E-state index contributed by atoms with van der Waals surface area (Å²) in [6, 6.07) is 0.862. The first-order chi connectivity index (χ1) is 7.88. The molecule has 0 spiro atoms. The fraction of sp³-hybridized carbons (Fsp3) is 0.222. The number of ether oxygens (including phenoxy) is 1. The molecule has 0 aromatic heterocycles. The molecule has 0 saturated carbocycles. The number of halogens is 2. The Balaban J connectivity index is 0.00000289. The van der Waals surface area contributed by atoms with Crippen LogP contribution in [0.25, 0.3) is 0 Å². The minimum Gasteiger partial charge on any atom is -0.506 e. The van der Waals surface area contributed by atoms with Crippen LogP contribution in [0.4, 0.5) is 5.69 Å². The van der Waals surface area contributed by atoms with Gasteiger partial charge in [-0.05, 0) is 15.9 Å². The minimum atomic E-state index is -1.28. The van der Waals surface area contributed by atoms with Crippen molar-refractivity contribution in [2.45, 2.75) is 6.04 Å². The molecule has 0 bridgehead atoms. The number of non-ortho nitro benzene ring substituents is 1. The van der Waals surface area contributed by atoms with Crippen LogP contribution in [0.2, 0.25) is 0 Å². The maximum Gasteiger partial charge on any atom is 0.327 e. The van der Waals surface area contributed by atoms with Crippen molar-refractivity contribution < 1.29 is 19.6 Å². The first kappa shape index (κ1) is 16.6. The van der Waals surface area contributed by atoms with Gasteiger partial charge in [-0.25, -0.2) is 0 Å². The van der Waals surface area contributed by atoms with E-state index in [2.05, 4.69) is 20.7 Å². The zero-order valence-electron chi connectivity index (χ0n) is 9.12. The molecule has 1 aromatic carbocycles. The van der Waals surface area contributed by atoms with Gasteiger partial charge in [0.2, 0.25) is 0 Å². The molecular weight excluding hydrogens is 331 g/mol. The molecule has 1 aromatic rings. The maximum absolute atomic E-state index is 11.2. The monoisotopic (exact) mass is 340 g/mol. The summed E-state index contributed by atoms with van der Waals surface area (Å²) in [6.07, 6.45) is 0. The van der Waals surface area contributed by atoms with E-state index in [1.807, 2.05) is 0 Å². The largest absolute Gasteiger partial charge is 0.506 e. The Hall–Kier alpha value is -1.38. The van der Waals surface area contributed by atoms with Gasteiger partial charge in [0, 0.05) is 17.7 Å². The number of carbonyl (C=O) groups is 1. The van der Waals surface area contributed by atoms with E-state index in [1.165, 1.54) is 0 Å². The van der Waals surface area contributed by atoms with Crippen molar-refractivity contribution >= 4 is 40.0 Å². The number of nitro groups is 1. The summed E-state index contributed by atoms with van der Waals surface area (Å²) >= 11 is 2.94. The van der Waals surface area contributed by atoms with Crippen molar-refractivity contribution in [1.29, 1.82) is 0 Å². The quantitative estimate of drug-likeness (QED) is 0.491. The summed E-state index contributed by atoms with van der Waals surface area (Å²) in [5.41, 5.74) is 5.15. The van der Waals surface area contributed by atoms with E-state index in [0.717, 1.165) is 19.2 Å². The number of nitrogens with two attached hydrogens (primary N) is 1. The topological polar surface area (TPSA) is 116 Å². The van der Waals surface area contributed by atoms with Gasteiger partial charge in [-0.15, -0.1) is 12.4 Å². The van der Waals surface area contributed by atoms with Crippen LogP contribution >= 0.6 is 28.3 Å². The van der Waals surface area contributed by atoms with Gasteiger partial charge in [0.1, 0.15) is 11.8 Å². The van der Waals surface area contributed by atoms with Gasteiger partial charge < -0.3 is 15.6 Å². The summed E-state index contributed by atoms with van der Waals surface area (Å²) in [5.74, 6) is -1.12. The first-order valence-electron chi connectivity index (χ1n) is 4.38. The lowest BCUT2D eigenvalue weighted by atomic mass is 10.1. The second-order valence-electron chi connectivity index (χ2n) is 3.12. The van der Waals surface area contributed by atoms with Gasteiger partial charge in [0.25, 0.3) is 5.69 Å². The van der Waals surface area contributed by atoms with Crippen molar-refractivity contribution in [3.05, 3.63) is 32.3 Å². The number of carbonyl (C=O) groups excluding carboxylic acids is 1. The van der Waals surface area contributed by atoms with Gasteiger partial charge in [0.05, 0.1) is 16.5 Å². The molecule has 0 aliphatic heterocycles. The number of rotatable bonds is 3. The number of hydrogen-bond acceptors (Lipinski definition) is 6. The van der Waals surface area contributed by atoms with Crippen molar-refractivity contribution in [3.8, 4) is 5.75 Å². The Morgan fingerprint density at radius 1 is 1.61 bits per heavy atom. The third-order valence-electron chi connectivity index (χ3n) is 2.08. The molecule has 9 heteroatoms. The Bertz CT molecular complexity index is 482. The molecule has 0 heterocycles. The average Bonchev–Trinajstić information content (AvgIpc) is 2.30. The molecular formula is C9H10BrClN2O5. The SMILES string of the molecule is COC(=O)[C@H](N)c1cc([N+](=O)[O-])cc(Br)c1O.Cl. The number of hydrogen-bond donors (Lipinski definition) is 2.